The molecule has 0 saturated carbocycles. The van der Waals surface area contributed by atoms with E-state index in [0.29, 0.717) is 11.4 Å². The number of aromatic hydroxyl groups is 1. The molecule has 8 nitrogen and oxygen atoms in total. The van der Waals surface area contributed by atoms with Gasteiger partial charge in [-0.2, -0.15) is 10.2 Å². The van der Waals surface area contributed by atoms with Gasteiger partial charge in [0.05, 0.1) is 21.8 Å². The van der Waals surface area contributed by atoms with Crippen LogP contribution in [0.15, 0.2) is 82.0 Å². The number of carbonyl (C=O) groups excluding carboxylic acids is 1. The Labute approximate surface area is 174 Å². The van der Waals surface area contributed by atoms with Crippen LogP contribution in [0.1, 0.15) is 24.2 Å². The van der Waals surface area contributed by atoms with Crippen molar-refractivity contribution in [3.63, 3.8) is 0 Å². The highest BCUT2D eigenvalue weighted by Gasteiger charge is 2.16. The average molecular weight is 424 g/mol. The van der Waals surface area contributed by atoms with Crippen molar-refractivity contribution in [3.8, 4) is 5.75 Å². The second-order valence-corrected chi connectivity index (χ2v) is 8.42. The normalized spacial score (nSPS) is 11.7. The van der Waals surface area contributed by atoms with Crippen LogP contribution in [0.2, 0.25) is 0 Å². The summed E-state index contributed by atoms with van der Waals surface area (Å²) in [7, 11) is -3.78. The quantitative estimate of drug-likeness (QED) is 0.415. The Balaban J connectivity index is 1.77. The maximum atomic E-state index is 12.4. The fourth-order valence-electron chi connectivity index (χ4n) is 2.52. The molecule has 9 heteroatoms. The van der Waals surface area contributed by atoms with Crippen LogP contribution in [0.3, 0.4) is 0 Å². The zero-order valence-corrected chi connectivity index (χ0v) is 17.2. The molecule has 0 atom stereocenters. The van der Waals surface area contributed by atoms with Crippen LogP contribution in [0, 0.1) is 5.92 Å². The molecule has 0 aliphatic heterocycles. The minimum atomic E-state index is -3.78. The van der Waals surface area contributed by atoms with Gasteiger partial charge in [0.15, 0.2) is 5.78 Å². The SMILES string of the molecule is CC(C)C(=O)c1cc(N=Nc2ccc(S(=O)(=O)Nc3ccccn3)cc2)ccc1O. The molecule has 0 aliphatic carbocycles. The Hall–Kier alpha value is -3.59. The number of phenolic OH excluding ortho intramolecular Hbond substituents is 1. The van der Waals surface area contributed by atoms with Crippen LogP contribution in [0.4, 0.5) is 17.2 Å². The van der Waals surface area contributed by atoms with Crippen molar-refractivity contribution in [2.75, 3.05) is 4.72 Å². The van der Waals surface area contributed by atoms with Crippen LogP contribution in [0.25, 0.3) is 0 Å². The topological polar surface area (TPSA) is 121 Å². The summed E-state index contributed by atoms with van der Waals surface area (Å²) in [5.74, 6) is -0.347. The summed E-state index contributed by atoms with van der Waals surface area (Å²) >= 11 is 0. The highest BCUT2D eigenvalue weighted by Crippen LogP contribution is 2.27. The van der Waals surface area contributed by atoms with Crippen molar-refractivity contribution in [1.82, 2.24) is 4.98 Å². The van der Waals surface area contributed by atoms with E-state index in [4.69, 9.17) is 0 Å². The number of benzene rings is 2. The van der Waals surface area contributed by atoms with Gasteiger partial charge in [0.2, 0.25) is 0 Å². The van der Waals surface area contributed by atoms with E-state index in [9.17, 15) is 18.3 Å². The van der Waals surface area contributed by atoms with Gasteiger partial charge in [-0.25, -0.2) is 13.4 Å². The molecular weight excluding hydrogens is 404 g/mol. The summed E-state index contributed by atoms with van der Waals surface area (Å²) in [5, 5.41) is 18.0. The lowest BCUT2D eigenvalue weighted by atomic mass is 10.00. The molecule has 3 rings (SSSR count). The van der Waals surface area contributed by atoms with E-state index in [1.807, 2.05) is 0 Å². The number of nitrogens with zero attached hydrogens (tertiary/aromatic N) is 3. The number of azo groups is 1. The monoisotopic (exact) mass is 424 g/mol. The average Bonchev–Trinajstić information content (AvgIpc) is 2.73. The molecule has 3 aromatic rings. The number of rotatable bonds is 7. The van der Waals surface area contributed by atoms with E-state index in [1.54, 1.807) is 32.0 Å². The summed E-state index contributed by atoms with van der Waals surface area (Å²) in [4.78, 5) is 16.2. The van der Waals surface area contributed by atoms with Crippen LogP contribution in [-0.4, -0.2) is 24.3 Å². The van der Waals surface area contributed by atoms with Gasteiger partial charge in [-0.3, -0.25) is 9.52 Å². The molecule has 1 heterocycles. The standard InChI is InChI=1S/C21H20N4O4S/c1-14(2)21(27)18-13-16(8-11-19(18)26)24-23-15-6-9-17(10-7-15)30(28,29)25-20-5-3-4-12-22-20/h3-14,26H,1-2H3,(H,22,25). The van der Waals surface area contributed by atoms with Crippen molar-refractivity contribution in [3.05, 3.63) is 72.4 Å². The van der Waals surface area contributed by atoms with Gasteiger partial charge in [-0.05, 0) is 54.6 Å². The molecule has 0 radical (unpaired) electrons. The smallest absolute Gasteiger partial charge is 0.263 e. The second-order valence-electron chi connectivity index (χ2n) is 6.73. The first-order chi connectivity index (χ1) is 14.3. The van der Waals surface area contributed by atoms with Crippen LogP contribution in [0.5, 0.6) is 5.75 Å². The number of hydrogen-bond acceptors (Lipinski definition) is 7. The van der Waals surface area contributed by atoms with Crippen LogP contribution in [-0.2, 0) is 10.0 Å². The summed E-state index contributed by atoms with van der Waals surface area (Å²) in [6.45, 7) is 3.49. The third-order valence-corrected chi connectivity index (χ3v) is 5.47. The van der Waals surface area contributed by atoms with Gasteiger partial charge in [-0.1, -0.05) is 19.9 Å². The number of sulfonamides is 1. The van der Waals surface area contributed by atoms with Gasteiger partial charge in [-0.15, -0.1) is 0 Å². The van der Waals surface area contributed by atoms with Crippen molar-refractivity contribution in [1.29, 1.82) is 0 Å². The molecule has 30 heavy (non-hydrogen) atoms. The molecule has 0 amide bonds. The zero-order valence-electron chi connectivity index (χ0n) is 16.4. The number of Topliss-reactive ketones (excluding diaryl/α,β-unsaturated/α-hetero) is 1. The van der Waals surface area contributed by atoms with E-state index in [-0.39, 0.29) is 33.7 Å². The first-order valence-electron chi connectivity index (χ1n) is 9.09. The van der Waals surface area contributed by atoms with E-state index < -0.39 is 10.0 Å². The third-order valence-electron chi connectivity index (χ3n) is 4.10. The molecule has 2 N–H and O–H groups in total. The fraction of sp³-hybridized carbons (Fsp3) is 0.143. The largest absolute Gasteiger partial charge is 0.507 e. The number of anilines is 1. The summed E-state index contributed by atoms with van der Waals surface area (Å²) < 4.78 is 27.2. The summed E-state index contributed by atoms with van der Waals surface area (Å²) in [6, 6.07) is 15.1. The molecule has 0 spiro atoms. The van der Waals surface area contributed by atoms with E-state index >= 15 is 0 Å². The summed E-state index contributed by atoms with van der Waals surface area (Å²) in [5.41, 5.74) is 1.01. The number of carbonyl (C=O) groups is 1. The number of ketones is 1. The Morgan fingerprint density at radius 1 is 1.00 bits per heavy atom. The van der Waals surface area contributed by atoms with E-state index in [2.05, 4.69) is 19.9 Å². The zero-order chi connectivity index (χ0) is 21.7. The van der Waals surface area contributed by atoms with Crippen molar-refractivity contribution < 1.29 is 18.3 Å². The fourth-order valence-corrected chi connectivity index (χ4v) is 3.53. The number of phenols is 1. The van der Waals surface area contributed by atoms with Gasteiger partial charge in [0.25, 0.3) is 10.0 Å². The third kappa shape index (κ3) is 5.06. The maximum Gasteiger partial charge on any atom is 0.263 e. The predicted octanol–water partition coefficient (Wildman–Crippen LogP) is 4.84. The minimum absolute atomic E-state index is 0.0570. The summed E-state index contributed by atoms with van der Waals surface area (Å²) in [6.07, 6.45) is 1.49. The molecule has 154 valence electrons. The maximum absolute atomic E-state index is 12.4. The lowest BCUT2D eigenvalue weighted by molar-refractivity contribution is 0.0936. The van der Waals surface area contributed by atoms with Gasteiger partial charge in [0.1, 0.15) is 11.6 Å². The predicted molar refractivity (Wildman–Crippen MR) is 113 cm³/mol. The molecule has 0 fully saturated rings. The molecule has 0 unspecified atom stereocenters. The molecular formula is C21H20N4O4S. The number of hydrogen-bond donors (Lipinski definition) is 2. The first-order valence-corrected chi connectivity index (χ1v) is 10.6. The number of nitrogens with one attached hydrogen (secondary N) is 1. The van der Waals surface area contributed by atoms with Crippen molar-refractivity contribution in [2.45, 2.75) is 18.7 Å². The van der Waals surface area contributed by atoms with Gasteiger partial charge < -0.3 is 5.11 Å². The van der Waals surface area contributed by atoms with E-state index in [1.165, 1.54) is 48.7 Å². The highest BCUT2D eigenvalue weighted by molar-refractivity contribution is 7.92. The van der Waals surface area contributed by atoms with Gasteiger partial charge in [0, 0.05) is 12.1 Å². The first kappa shape index (κ1) is 21.1. The molecule has 2 aromatic carbocycles. The Bertz CT molecular complexity index is 1180. The van der Waals surface area contributed by atoms with Crippen LogP contribution >= 0.6 is 0 Å². The molecule has 0 bridgehead atoms. The van der Waals surface area contributed by atoms with Gasteiger partial charge >= 0.3 is 0 Å². The van der Waals surface area contributed by atoms with Crippen molar-refractivity contribution >= 4 is 33.0 Å². The Kier molecular flexibility index (Phi) is 6.22. The Morgan fingerprint density at radius 2 is 1.67 bits per heavy atom. The lowest BCUT2D eigenvalue weighted by Crippen LogP contribution is -2.13. The highest BCUT2D eigenvalue weighted by atomic mass is 32.2. The number of aromatic nitrogens is 1. The molecule has 0 aliphatic rings. The second kappa shape index (κ2) is 8.83. The van der Waals surface area contributed by atoms with Crippen LogP contribution < -0.4 is 4.72 Å². The minimum Gasteiger partial charge on any atom is -0.507 e. The van der Waals surface area contributed by atoms with E-state index in [0.717, 1.165) is 0 Å². The Morgan fingerprint density at radius 3 is 2.30 bits per heavy atom. The van der Waals surface area contributed by atoms with Crippen molar-refractivity contribution in [2.24, 2.45) is 16.1 Å². The number of pyridine rings is 1. The molecule has 1 aromatic heterocycles. The molecule has 0 saturated heterocycles. The lowest BCUT2D eigenvalue weighted by Gasteiger charge is -2.07.